The summed E-state index contributed by atoms with van der Waals surface area (Å²) in [6.07, 6.45) is -0.181. The van der Waals surface area contributed by atoms with Gasteiger partial charge in [-0.3, -0.25) is 4.79 Å². The van der Waals surface area contributed by atoms with Crippen molar-refractivity contribution in [3.05, 3.63) is 23.8 Å². The fourth-order valence-corrected chi connectivity index (χ4v) is 2.27. The number of anilines is 1. The van der Waals surface area contributed by atoms with Gasteiger partial charge in [0.25, 0.3) is 5.91 Å². The van der Waals surface area contributed by atoms with E-state index < -0.39 is 6.10 Å². The zero-order valence-electron chi connectivity index (χ0n) is 12.4. The van der Waals surface area contributed by atoms with Gasteiger partial charge in [-0.05, 0) is 30.0 Å². The van der Waals surface area contributed by atoms with E-state index in [1.54, 1.807) is 11.8 Å². The largest absolute Gasteiger partial charge is 0.479 e. The summed E-state index contributed by atoms with van der Waals surface area (Å²) in [5, 5.41) is 8.76. The molecule has 0 aromatic heterocycles. The lowest BCUT2D eigenvalue weighted by molar-refractivity contribution is -0.125. The van der Waals surface area contributed by atoms with E-state index in [0.717, 1.165) is 11.3 Å². The normalized spacial score (nSPS) is 18.2. The molecule has 4 nitrogen and oxygen atoms in total. The lowest BCUT2D eigenvalue weighted by Gasteiger charge is -2.34. The molecule has 1 aliphatic heterocycles. The Bertz CT molecular complexity index is 567. The van der Waals surface area contributed by atoms with Gasteiger partial charge in [-0.1, -0.05) is 26.8 Å². The zero-order valence-corrected chi connectivity index (χ0v) is 12.4. The summed E-state index contributed by atoms with van der Waals surface area (Å²) in [6, 6.07) is 8.03. The predicted octanol–water partition coefficient (Wildman–Crippen LogP) is 3.01. The van der Waals surface area contributed by atoms with Crippen LogP contribution in [-0.2, 0) is 10.2 Å². The van der Waals surface area contributed by atoms with E-state index in [0.29, 0.717) is 18.7 Å². The van der Waals surface area contributed by atoms with Crippen molar-refractivity contribution in [2.45, 2.75) is 45.6 Å². The molecule has 0 saturated heterocycles. The molecule has 0 fully saturated rings. The molecule has 0 aliphatic carbocycles. The molecule has 2 rings (SSSR count). The third-order valence-electron chi connectivity index (χ3n) is 3.48. The summed E-state index contributed by atoms with van der Waals surface area (Å²) in [6.45, 7) is 8.53. The summed E-state index contributed by atoms with van der Waals surface area (Å²) < 4.78 is 5.65. The van der Waals surface area contributed by atoms with E-state index in [1.165, 1.54) is 0 Å². The Balaban J connectivity index is 2.46. The first-order chi connectivity index (χ1) is 9.34. The van der Waals surface area contributed by atoms with Crippen molar-refractivity contribution in [1.29, 1.82) is 5.26 Å². The lowest BCUT2D eigenvalue weighted by Crippen LogP contribution is -2.45. The summed E-state index contributed by atoms with van der Waals surface area (Å²) in [7, 11) is 0. The molecule has 1 atom stereocenters. The van der Waals surface area contributed by atoms with Gasteiger partial charge < -0.3 is 9.64 Å². The van der Waals surface area contributed by atoms with E-state index in [9.17, 15) is 4.79 Å². The maximum atomic E-state index is 12.2. The van der Waals surface area contributed by atoms with Crippen LogP contribution in [0.25, 0.3) is 0 Å². The molecule has 1 aromatic carbocycles. The number of carbonyl (C=O) groups is 1. The smallest absolute Gasteiger partial charge is 0.267 e. The number of nitrogens with zero attached hydrogens (tertiary/aromatic N) is 2. The lowest BCUT2D eigenvalue weighted by atomic mass is 9.86. The minimum Gasteiger partial charge on any atom is -0.479 e. The van der Waals surface area contributed by atoms with E-state index in [-0.39, 0.29) is 11.3 Å². The number of benzene rings is 1. The molecule has 0 bridgehead atoms. The van der Waals surface area contributed by atoms with Gasteiger partial charge in [0.1, 0.15) is 5.75 Å². The molecule has 106 valence electrons. The van der Waals surface area contributed by atoms with Crippen molar-refractivity contribution in [3.8, 4) is 11.8 Å². The molecule has 0 radical (unpaired) electrons. The van der Waals surface area contributed by atoms with E-state index >= 15 is 0 Å². The molecular weight excluding hydrogens is 252 g/mol. The highest BCUT2D eigenvalue weighted by molar-refractivity contribution is 5.99. The highest BCUT2D eigenvalue weighted by Crippen LogP contribution is 2.37. The quantitative estimate of drug-likeness (QED) is 0.831. The maximum Gasteiger partial charge on any atom is 0.267 e. The second-order valence-electron chi connectivity index (χ2n) is 6.09. The number of rotatable bonds is 2. The van der Waals surface area contributed by atoms with Crippen LogP contribution < -0.4 is 9.64 Å². The van der Waals surface area contributed by atoms with Crippen molar-refractivity contribution < 1.29 is 9.53 Å². The SMILES string of the molecule is CC1Oc2ccc(C(C)(C)C)cc2N(CCC#N)C1=O. The van der Waals surface area contributed by atoms with Gasteiger partial charge in [-0.25, -0.2) is 0 Å². The van der Waals surface area contributed by atoms with Gasteiger partial charge in [0.2, 0.25) is 0 Å². The molecule has 0 saturated carbocycles. The molecule has 0 N–H and O–H groups in total. The summed E-state index contributed by atoms with van der Waals surface area (Å²) in [4.78, 5) is 13.9. The van der Waals surface area contributed by atoms with Crippen LogP contribution in [-0.4, -0.2) is 18.6 Å². The molecule has 1 aromatic rings. The van der Waals surface area contributed by atoms with Crippen LogP contribution in [0.2, 0.25) is 0 Å². The van der Waals surface area contributed by atoms with Gasteiger partial charge >= 0.3 is 0 Å². The third-order valence-corrected chi connectivity index (χ3v) is 3.48. The number of ether oxygens (including phenoxy) is 1. The molecule has 1 unspecified atom stereocenters. The Labute approximate surface area is 120 Å². The minimum atomic E-state index is -0.498. The number of carbonyl (C=O) groups excluding carboxylic acids is 1. The van der Waals surface area contributed by atoms with E-state index in [1.807, 2.05) is 18.2 Å². The summed E-state index contributed by atoms with van der Waals surface area (Å²) in [5.41, 5.74) is 1.92. The molecule has 1 aliphatic rings. The van der Waals surface area contributed by atoms with Crippen LogP contribution in [0.5, 0.6) is 5.75 Å². The highest BCUT2D eigenvalue weighted by Gasteiger charge is 2.32. The van der Waals surface area contributed by atoms with Gasteiger partial charge in [-0.2, -0.15) is 5.26 Å². The minimum absolute atomic E-state index is 0.00202. The molecule has 0 spiro atoms. The number of hydrogen-bond acceptors (Lipinski definition) is 3. The zero-order chi connectivity index (χ0) is 14.9. The number of hydrogen-bond donors (Lipinski definition) is 0. The predicted molar refractivity (Wildman–Crippen MR) is 77.8 cm³/mol. The van der Waals surface area contributed by atoms with Gasteiger partial charge in [0.05, 0.1) is 18.2 Å². The molecule has 1 amide bonds. The Hall–Kier alpha value is -2.02. The first kappa shape index (κ1) is 14.4. The first-order valence-electron chi connectivity index (χ1n) is 6.84. The van der Waals surface area contributed by atoms with E-state index in [4.69, 9.17) is 10.00 Å². The standard InChI is InChI=1S/C16H20N2O2/c1-11-15(19)18(9-5-8-17)13-10-12(16(2,3)4)6-7-14(13)20-11/h6-7,10-11H,5,9H2,1-4H3. The monoisotopic (exact) mass is 272 g/mol. The van der Waals surface area contributed by atoms with Crippen molar-refractivity contribution in [2.75, 3.05) is 11.4 Å². The second kappa shape index (κ2) is 5.16. The average Bonchev–Trinajstić information content (AvgIpc) is 2.38. The fraction of sp³-hybridized carbons (Fsp3) is 0.500. The Kier molecular flexibility index (Phi) is 3.71. The van der Waals surface area contributed by atoms with Crippen LogP contribution in [0.1, 0.15) is 39.7 Å². The maximum absolute atomic E-state index is 12.2. The average molecular weight is 272 g/mol. The second-order valence-corrected chi connectivity index (χ2v) is 6.09. The van der Waals surface area contributed by atoms with Crippen LogP contribution in [0.4, 0.5) is 5.69 Å². The van der Waals surface area contributed by atoms with Crippen LogP contribution >= 0.6 is 0 Å². The number of fused-ring (bicyclic) bond motifs is 1. The van der Waals surface area contributed by atoms with Crippen LogP contribution in [0, 0.1) is 11.3 Å². The van der Waals surface area contributed by atoms with Crippen LogP contribution in [0.15, 0.2) is 18.2 Å². The highest BCUT2D eigenvalue weighted by atomic mass is 16.5. The fourth-order valence-electron chi connectivity index (χ4n) is 2.27. The summed E-state index contributed by atoms with van der Waals surface area (Å²) in [5.74, 6) is 0.627. The number of amides is 1. The van der Waals surface area contributed by atoms with Gasteiger partial charge in [0.15, 0.2) is 6.10 Å². The first-order valence-corrected chi connectivity index (χ1v) is 6.84. The number of nitriles is 1. The topological polar surface area (TPSA) is 53.3 Å². The van der Waals surface area contributed by atoms with Gasteiger partial charge in [0, 0.05) is 6.54 Å². The molecule has 1 heterocycles. The van der Waals surface area contributed by atoms with Crippen molar-refractivity contribution in [1.82, 2.24) is 0 Å². The van der Waals surface area contributed by atoms with E-state index in [2.05, 4.69) is 26.8 Å². The van der Waals surface area contributed by atoms with Crippen molar-refractivity contribution in [3.63, 3.8) is 0 Å². The van der Waals surface area contributed by atoms with Gasteiger partial charge in [-0.15, -0.1) is 0 Å². The Morgan fingerprint density at radius 3 is 2.70 bits per heavy atom. The van der Waals surface area contributed by atoms with Crippen molar-refractivity contribution in [2.24, 2.45) is 0 Å². The summed E-state index contributed by atoms with van der Waals surface area (Å²) >= 11 is 0. The third kappa shape index (κ3) is 2.62. The van der Waals surface area contributed by atoms with Crippen molar-refractivity contribution >= 4 is 11.6 Å². The molecule has 20 heavy (non-hydrogen) atoms. The molecular formula is C16H20N2O2. The Morgan fingerprint density at radius 1 is 1.40 bits per heavy atom. The van der Waals surface area contributed by atoms with Crippen LogP contribution in [0.3, 0.4) is 0 Å². The Morgan fingerprint density at radius 2 is 2.10 bits per heavy atom. The molecule has 4 heteroatoms.